The number of nitrogens with one attached hydrogen (secondary N) is 1. The molecule has 1 fully saturated rings. The van der Waals surface area contributed by atoms with Gasteiger partial charge in [-0.2, -0.15) is 5.10 Å². The average molecular weight is 557 g/mol. The van der Waals surface area contributed by atoms with Gasteiger partial charge >= 0.3 is 5.97 Å². The molecule has 2 aromatic heterocycles. The molecule has 9 heteroatoms. The Labute approximate surface area is 237 Å². The molecular formula is C31H32N4O4S. The van der Waals surface area contributed by atoms with Crippen LogP contribution in [0, 0.1) is 0 Å². The molecule has 5 rings (SSSR count). The lowest BCUT2D eigenvalue weighted by atomic mass is 10.1. The number of aliphatic carboxylic acids is 1. The van der Waals surface area contributed by atoms with E-state index in [1.165, 1.54) is 11.8 Å². The fourth-order valence-electron chi connectivity index (χ4n) is 4.67. The number of nitrogens with zero attached hydrogens (tertiary/aromatic N) is 3. The zero-order valence-corrected chi connectivity index (χ0v) is 23.0. The highest BCUT2D eigenvalue weighted by atomic mass is 32.2. The van der Waals surface area contributed by atoms with Crippen molar-refractivity contribution in [3.8, 4) is 0 Å². The lowest BCUT2D eigenvalue weighted by Crippen LogP contribution is -2.25. The highest BCUT2D eigenvalue weighted by Crippen LogP contribution is 2.35. The maximum atomic E-state index is 12.9. The van der Waals surface area contributed by atoms with Gasteiger partial charge < -0.3 is 15.2 Å². The first-order valence-electron chi connectivity index (χ1n) is 13.6. The van der Waals surface area contributed by atoms with Crippen LogP contribution in [-0.2, 0) is 9.53 Å². The Morgan fingerprint density at radius 2 is 1.95 bits per heavy atom. The summed E-state index contributed by atoms with van der Waals surface area (Å²) in [6, 6.07) is 19.6. The number of carbonyl (C=O) groups is 2. The maximum absolute atomic E-state index is 12.9. The molecule has 4 aromatic rings. The number of hydrogen-bond acceptors (Lipinski definition) is 6. The van der Waals surface area contributed by atoms with Crippen molar-refractivity contribution in [1.29, 1.82) is 0 Å². The van der Waals surface area contributed by atoms with Gasteiger partial charge in [-0.05, 0) is 86.7 Å². The van der Waals surface area contributed by atoms with Crippen molar-refractivity contribution >= 4 is 46.7 Å². The van der Waals surface area contributed by atoms with Crippen LogP contribution in [0.5, 0.6) is 0 Å². The van der Waals surface area contributed by atoms with Gasteiger partial charge in [0.25, 0.3) is 5.91 Å². The molecule has 0 aliphatic carbocycles. The SMILES string of the molecule is O=C(O)CCCCNC(=O)c1ccccc1Sc1ccc2c(C=Cc3ccccn3)nn(C3CCCCO3)c2c1. The van der Waals surface area contributed by atoms with Crippen molar-refractivity contribution in [3.63, 3.8) is 0 Å². The van der Waals surface area contributed by atoms with Crippen LogP contribution in [0.1, 0.15) is 66.5 Å². The molecule has 0 saturated carbocycles. The molecule has 0 bridgehead atoms. The van der Waals surface area contributed by atoms with E-state index < -0.39 is 5.97 Å². The van der Waals surface area contributed by atoms with Crippen LogP contribution < -0.4 is 5.32 Å². The minimum absolute atomic E-state index is 0.105. The number of pyridine rings is 1. The third kappa shape index (κ3) is 6.97. The molecule has 1 aliphatic rings. The van der Waals surface area contributed by atoms with Gasteiger partial charge in [-0.25, -0.2) is 4.68 Å². The predicted molar refractivity (Wildman–Crippen MR) is 156 cm³/mol. The Hall–Kier alpha value is -3.95. The number of amides is 1. The van der Waals surface area contributed by atoms with E-state index in [1.807, 2.05) is 59.3 Å². The van der Waals surface area contributed by atoms with Crippen LogP contribution >= 0.6 is 11.8 Å². The fourth-order valence-corrected chi connectivity index (χ4v) is 5.65. The highest BCUT2D eigenvalue weighted by Gasteiger charge is 2.21. The molecule has 1 amide bonds. The minimum Gasteiger partial charge on any atom is -0.481 e. The van der Waals surface area contributed by atoms with Crippen LogP contribution in [0.2, 0.25) is 0 Å². The molecule has 8 nitrogen and oxygen atoms in total. The number of benzene rings is 2. The molecule has 0 spiro atoms. The second kappa shape index (κ2) is 13.4. The lowest BCUT2D eigenvalue weighted by Gasteiger charge is -2.23. The molecular weight excluding hydrogens is 524 g/mol. The largest absolute Gasteiger partial charge is 0.481 e. The van der Waals surface area contributed by atoms with Crippen molar-refractivity contribution in [2.24, 2.45) is 0 Å². The molecule has 1 aliphatic heterocycles. The Balaban J connectivity index is 1.39. The Morgan fingerprint density at radius 3 is 2.75 bits per heavy atom. The fraction of sp³-hybridized carbons (Fsp3) is 0.290. The van der Waals surface area contributed by atoms with Crippen molar-refractivity contribution in [2.75, 3.05) is 13.2 Å². The van der Waals surface area contributed by atoms with Gasteiger partial charge in [-0.1, -0.05) is 30.0 Å². The zero-order valence-electron chi connectivity index (χ0n) is 22.2. The van der Waals surface area contributed by atoms with E-state index in [1.54, 1.807) is 6.20 Å². The lowest BCUT2D eigenvalue weighted by molar-refractivity contribution is -0.137. The maximum Gasteiger partial charge on any atom is 0.303 e. The van der Waals surface area contributed by atoms with E-state index in [2.05, 4.69) is 28.5 Å². The Bertz CT molecular complexity index is 1500. The second-order valence-corrected chi connectivity index (χ2v) is 10.7. The average Bonchev–Trinajstić information content (AvgIpc) is 3.34. The number of ether oxygens (including phenoxy) is 1. The molecule has 0 radical (unpaired) electrons. The third-order valence-electron chi connectivity index (χ3n) is 6.70. The number of hydrogen-bond donors (Lipinski definition) is 2. The monoisotopic (exact) mass is 556 g/mol. The van der Waals surface area contributed by atoms with E-state index in [0.717, 1.165) is 58.0 Å². The molecule has 2 N–H and O–H groups in total. The molecule has 206 valence electrons. The summed E-state index contributed by atoms with van der Waals surface area (Å²) in [7, 11) is 0. The first-order valence-corrected chi connectivity index (χ1v) is 14.4. The van der Waals surface area contributed by atoms with Crippen LogP contribution in [-0.4, -0.2) is 44.9 Å². The van der Waals surface area contributed by atoms with E-state index in [-0.39, 0.29) is 18.6 Å². The summed E-state index contributed by atoms with van der Waals surface area (Å²) in [5.41, 5.74) is 3.30. The number of carboxylic acid groups (broad SMARTS) is 1. The van der Waals surface area contributed by atoms with Crippen LogP contribution in [0.15, 0.2) is 76.7 Å². The van der Waals surface area contributed by atoms with Gasteiger partial charge in [0.1, 0.15) is 0 Å². The van der Waals surface area contributed by atoms with Gasteiger partial charge in [0, 0.05) is 40.9 Å². The van der Waals surface area contributed by atoms with E-state index in [4.69, 9.17) is 14.9 Å². The molecule has 1 unspecified atom stereocenters. The van der Waals surface area contributed by atoms with Gasteiger partial charge in [0.15, 0.2) is 6.23 Å². The zero-order chi connectivity index (χ0) is 27.7. The number of carbonyl (C=O) groups excluding carboxylic acids is 1. The second-order valence-electron chi connectivity index (χ2n) is 9.62. The van der Waals surface area contributed by atoms with Gasteiger partial charge in [-0.15, -0.1) is 0 Å². The van der Waals surface area contributed by atoms with Gasteiger partial charge in [-0.3, -0.25) is 14.6 Å². The minimum atomic E-state index is -0.822. The van der Waals surface area contributed by atoms with Gasteiger partial charge in [0.05, 0.1) is 22.5 Å². The van der Waals surface area contributed by atoms with E-state index >= 15 is 0 Å². The number of carboxylic acids is 1. The molecule has 1 atom stereocenters. The quantitative estimate of drug-likeness (QED) is 0.205. The van der Waals surface area contributed by atoms with Crippen LogP contribution in [0.3, 0.4) is 0 Å². The summed E-state index contributed by atoms with van der Waals surface area (Å²) in [6.07, 6.45) is 9.93. The summed E-state index contributed by atoms with van der Waals surface area (Å²) in [4.78, 5) is 29.9. The van der Waals surface area contributed by atoms with Gasteiger partial charge in [0.2, 0.25) is 0 Å². The van der Waals surface area contributed by atoms with E-state index in [9.17, 15) is 9.59 Å². The van der Waals surface area contributed by atoms with Crippen LogP contribution in [0.25, 0.3) is 23.1 Å². The number of fused-ring (bicyclic) bond motifs is 1. The Kier molecular flexibility index (Phi) is 9.26. The molecule has 2 aromatic carbocycles. The summed E-state index contributed by atoms with van der Waals surface area (Å²) >= 11 is 1.53. The van der Waals surface area contributed by atoms with Crippen molar-refractivity contribution < 1.29 is 19.4 Å². The molecule has 40 heavy (non-hydrogen) atoms. The standard InChI is InChI=1S/C31H32N4O4S/c36-30(37)13-4-7-19-33-31(38)25-10-1-2-11-28(25)40-23-15-16-24-26(17-14-22-9-3-6-18-32-22)34-35(27(24)21-23)29-12-5-8-20-39-29/h1-3,6,9-11,14-18,21,29H,4-5,7-8,12-13,19-20H2,(H,33,38)(H,36,37). The Morgan fingerprint density at radius 1 is 1.07 bits per heavy atom. The van der Waals surface area contributed by atoms with Crippen LogP contribution in [0.4, 0.5) is 0 Å². The first-order chi connectivity index (χ1) is 19.6. The predicted octanol–water partition coefficient (Wildman–Crippen LogP) is 6.44. The molecule has 3 heterocycles. The summed E-state index contributed by atoms with van der Waals surface area (Å²) in [6.45, 7) is 1.16. The van der Waals surface area contributed by atoms with Crippen molar-refractivity contribution in [1.82, 2.24) is 20.1 Å². The summed E-state index contributed by atoms with van der Waals surface area (Å²) in [5.74, 6) is -0.986. The topological polar surface area (TPSA) is 106 Å². The van der Waals surface area contributed by atoms with Crippen molar-refractivity contribution in [2.45, 2.75) is 54.5 Å². The normalized spacial score (nSPS) is 15.4. The summed E-state index contributed by atoms with van der Waals surface area (Å²) in [5, 5.41) is 17.7. The first kappa shape index (κ1) is 27.6. The van der Waals surface area contributed by atoms with Crippen molar-refractivity contribution in [3.05, 3.63) is 83.8 Å². The van der Waals surface area contributed by atoms with E-state index in [0.29, 0.717) is 24.9 Å². The summed E-state index contributed by atoms with van der Waals surface area (Å²) < 4.78 is 8.09. The third-order valence-corrected chi connectivity index (χ3v) is 7.76. The smallest absolute Gasteiger partial charge is 0.303 e. The molecule has 1 saturated heterocycles. The highest BCUT2D eigenvalue weighted by molar-refractivity contribution is 7.99. The number of aromatic nitrogens is 3. The number of unbranched alkanes of at least 4 members (excludes halogenated alkanes) is 1. The number of rotatable bonds is 11.